The van der Waals surface area contributed by atoms with Gasteiger partial charge in [0.2, 0.25) is 0 Å². The molecule has 0 saturated carbocycles. The monoisotopic (exact) mass is 243 g/mol. The normalized spacial score (nSPS) is 10.9. The molecule has 0 spiro atoms. The molecule has 0 aliphatic heterocycles. The van der Waals surface area contributed by atoms with Crippen molar-refractivity contribution in [3.63, 3.8) is 0 Å². The van der Waals surface area contributed by atoms with Gasteiger partial charge in [-0.3, -0.25) is 0 Å². The fraction of sp³-hybridized carbons (Fsp3) is 0.400. The van der Waals surface area contributed by atoms with Crippen LogP contribution in [0.5, 0.6) is 0 Å². The molecule has 1 aromatic carbocycles. The van der Waals surface area contributed by atoms with E-state index in [1.54, 1.807) is 0 Å². The Morgan fingerprint density at radius 1 is 1.17 bits per heavy atom. The van der Waals surface area contributed by atoms with Gasteiger partial charge in [0.05, 0.1) is 11.4 Å². The predicted molar refractivity (Wildman–Crippen MR) is 75.3 cm³/mol. The van der Waals surface area contributed by atoms with Crippen molar-refractivity contribution >= 4 is 0 Å². The minimum absolute atomic E-state index is 0.864. The molecule has 0 aliphatic rings. The van der Waals surface area contributed by atoms with Gasteiger partial charge in [-0.05, 0) is 46.4 Å². The van der Waals surface area contributed by atoms with Gasteiger partial charge in [-0.15, -0.1) is 0 Å². The summed E-state index contributed by atoms with van der Waals surface area (Å²) >= 11 is 0. The van der Waals surface area contributed by atoms with Gasteiger partial charge in [0.15, 0.2) is 0 Å². The first-order valence-corrected chi connectivity index (χ1v) is 6.32. The largest absolute Gasteiger partial charge is 0.316 e. The predicted octanol–water partition coefficient (Wildman–Crippen LogP) is 2.83. The maximum atomic E-state index is 4.67. The lowest BCUT2D eigenvalue weighted by atomic mass is 10.1. The zero-order valence-electron chi connectivity index (χ0n) is 11.8. The van der Waals surface area contributed by atoms with Gasteiger partial charge in [-0.1, -0.05) is 17.7 Å². The standard InChI is InChI=1S/C15H21N3/c1-10-6-7-15(11(2)8-10)18-13(4)14(9-16-5)12(3)17-18/h6-8,16H,9H2,1-5H3. The van der Waals surface area contributed by atoms with Crippen molar-refractivity contribution in [2.45, 2.75) is 34.2 Å². The van der Waals surface area contributed by atoms with Gasteiger partial charge in [-0.25, -0.2) is 4.68 Å². The Morgan fingerprint density at radius 2 is 1.89 bits per heavy atom. The second-order valence-electron chi connectivity index (χ2n) is 4.88. The molecular weight excluding hydrogens is 222 g/mol. The minimum Gasteiger partial charge on any atom is -0.316 e. The highest BCUT2D eigenvalue weighted by Gasteiger charge is 2.13. The van der Waals surface area contributed by atoms with Crippen molar-refractivity contribution < 1.29 is 0 Å². The van der Waals surface area contributed by atoms with Crippen LogP contribution in [0.2, 0.25) is 0 Å². The van der Waals surface area contributed by atoms with Gasteiger partial charge in [0.1, 0.15) is 0 Å². The van der Waals surface area contributed by atoms with Crippen LogP contribution < -0.4 is 5.32 Å². The first kappa shape index (κ1) is 12.8. The summed E-state index contributed by atoms with van der Waals surface area (Å²) in [5.41, 5.74) is 7.32. The molecule has 0 amide bonds. The summed E-state index contributed by atoms with van der Waals surface area (Å²) in [4.78, 5) is 0. The molecule has 0 radical (unpaired) electrons. The van der Waals surface area contributed by atoms with Crippen LogP contribution in [0.3, 0.4) is 0 Å². The van der Waals surface area contributed by atoms with Crippen LogP contribution >= 0.6 is 0 Å². The Bertz CT molecular complexity index is 567. The summed E-state index contributed by atoms with van der Waals surface area (Å²) in [5, 5.41) is 7.87. The third kappa shape index (κ3) is 2.18. The van der Waals surface area contributed by atoms with Crippen LogP contribution in [0.15, 0.2) is 18.2 Å². The number of benzene rings is 1. The number of aromatic nitrogens is 2. The summed E-state index contributed by atoms with van der Waals surface area (Å²) in [7, 11) is 1.97. The molecular formula is C15H21N3. The lowest BCUT2D eigenvalue weighted by molar-refractivity contribution is 0.799. The molecule has 2 aromatic rings. The van der Waals surface area contributed by atoms with E-state index < -0.39 is 0 Å². The molecule has 2 rings (SSSR count). The first-order valence-electron chi connectivity index (χ1n) is 6.32. The van der Waals surface area contributed by atoms with Crippen LogP contribution in [0.25, 0.3) is 5.69 Å². The number of hydrogen-bond acceptors (Lipinski definition) is 2. The fourth-order valence-electron chi connectivity index (χ4n) is 2.39. The van der Waals surface area contributed by atoms with E-state index in [-0.39, 0.29) is 0 Å². The number of hydrogen-bond donors (Lipinski definition) is 1. The van der Waals surface area contributed by atoms with E-state index in [1.165, 1.54) is 28.1 Å². The van der Waals surface area contributed by atoms with Crippen LogP contribution in [-0.2, 0) is 6.54 Å². The van der Waals surface area contributed by atoms with Crippen molar-refractivity contribution in [2.24, 2.45) is 0 Å². The van der Waals surface area contributed by atoms with E-state index in [9.17, 15) is 0 Å². The highest BCUT2D eigenvalue weighted by atomic mass is 15.3. The third-order valence-corrected chi connectivity index (χ3v) is 3.38. The summed E-state index contributed by atoms with van der Waals surface area (Å²) in [6, 6.07) is 6.48. The summed E-state index contributed by atoms with van der Waals surface area (Å²) < 4.78 is 2.05. The molecule has 0 unspecified atom stereocenters. The van der Waals surface area contributed by atoms with E-state index in [0.717, 1.165) is 12.2 Å². The molecule has 1 N–H and O–H groups in total. The van der Waals surface area contributed by atoms with Crippen LogP contribution in [-0.4, -0.2) is 16.8 Å². The first-order chi connectivity index (χ1) is 8.54. The maximum absolute atomic E-state index is 4.67. The molecule has 3 nitrogen and oxygen atoms in total. The molecule has 0 aliphatic carbocycles. The summed E-state index contributed by atoms with van der Waals surface area (Å²) in [6.07, 6.45) is 0. The molecule has 96 valence electrons. The quantitative estimate of drug-likeness (QED) is 0.898. The topological polar surface area (TPSA) is 29.9 Å². The highest BCUT2D eigenvalue weighted by molar-refractivity contribution is 5.44. The zero-order valence-corrected chi connectivity index (χ0v) is 11.8. The van der Waals surface area contributed by atoms with Gasteiger partial charge < -0.3 is 5.32 Å². The van der Waals surface area contributed by atoms with Gasteiger partial charge in [0, 0.05) is 17.8 Å². The van der Waals surface area contributed by atoms with E-state index >= 15 is 0 Å². The van der Waals surface area contributed by atoms with Crippen LogP contribution in [0, 0.1) is 27.7 Å². The van der Waals surface area contributed by atoms with E-state index in [0.29, 0.717) is 0 Å². The molecule has 0 bridgehead atoms. The highest BCUT2D eigenvalue weighted by Crippen LogP contribution is 2.21. The average Bonchev–Trinajstić information content (AvgIpc) is 2.58. The van der Waals surface area contributed by atoms with Gasteiger partial charge in [-0.2, -0.15) is 5.10 Å². The number of rotatable bonds is 3. The molecule has 0 saturated heterocycles. The molecule has 18 heavy (non-hydrogen) atoms. The SMILES string of the molecule is CNCc1c(C)nn(-c2ccc(C)cc2C)c1C. The van der Waals surface area contributed by atoms with Gasteiger partial charge >= 0.3 is 0 Å². The van der Waals surface area contributed by atoms with Crippen LogP contribution in [0.4, 0.5) is 0 Å². The molecule has 0 atom stereocenters. The fourth-order valence-corrected chi connectivity index (χ4v) is 2.39. The summed E-state index contributed by atoms with van der Waals surface area (Å²) in [6.45, 7) is 9.31. The Morgan fingerprint density at radius 3 is 2.50 bits per heavy atom. The van der Waals surface area contributed by atoms with Crippen molar-refractivity contribution in [3.8, 4) is 5.69 Å². The number of aryl methyl sites for hydroxylation is 3. The zero-order chi connectivity index (χ0) is 13.3. The second-order valence-corrected chi connectivity index (χ2v) is 4.88. The van der Waals surface area contributed by atoms with E-state index in [4.69, 9.17) is 0 Å². The third-order valence-electron chi connectivity index (χ3n) is 3.38. The van der Waals surface area contributed by atoms with E-state index in [2.05, 4.69) is 61.0 Å². The van der Waals surface area contributed by atoms with Crippen molar-refractivity contribution in [1.82, 2.24) is 15.1 Å². The minimum atomic E-state index is 0.864. The Balaban J connectivity index is 2.54. The molecule has 0 fully saturated rings. The maximum Gasteiger partial charge on any atom is 0.0678 e. The lowest BCUT2D eigenvalue weighted by Crippen LogP contribution is -2.07. The Labute approximate surface area is 109 Å². The van der Waals surface area contributed by atoms with Gasteiger partial charge in [0.25, 0.3) is 0 Å². The van der Waals surface area contributed by atoms with Crippen molar-refractivity contribution in [3.05, 3.63) is 46.3 Å². The smallest absolute Gasteiger partial charge is 0.0678 e. The van der Waals surface area contributed by atoms with Crippen molar-refractivity contribution in [1.29, 1.82) is 0 Å². The average molecular weight is 243 g/mol. The van der Waals surface area contributed by atoms with Crippen molar-refractivity contribution in [2.75, 3.05) is 7.05 Å². The summed E-state index contributed by atoms with van der Waals surface area (Å²) in [5.74, 6) is 0. The van der Waals surface area contributed by atoms with E-state index in [1.807, 2.05) is 7.05 Å². The molecule has 1 heterocycles. The number of nitrogens with one attached hydrogen (secondary N) is 1. The Hall–Kier alpha value is -1.61. The van der Waals surface area contributed by atoms with Crippen LogP contribution in [0.1, 0.15) is 28.1 Å². The molecule has 3 heteroatoms. The second kappa shape index (κ2) is 4.94. The lowest BCUT2D eigenvalue weighted by Gasteiger charge is -2.09. The number of nitrogens with zero attached hydrogens (tertiary/aromatic N) is 2. The molecule has 1 aromatic heterocycles. The Kier molecular flexibility index (Phi) is 3.53.